The summed E-state index contributed by atoms with van der Waals surface area (Å²) in [5.41, 5.74) is 2.88. The van der Waals surface area contributed by atoms with Crippen molar-refractivity contribution in [1.82, 2.24) is 5.32 Å². The number of amides is 2. The molecule has 0 fully saturated rings. The fourth-order valence-corrected chi connectivity index (χ4v) is 2.65. The van der Waals surface area contributed by atoms with E-state index in [0.29, 0.717) is 12.1 Å². The quantitative estimate of drug-likeness (QED) is 0.706. The van der Waals surface area contributed by atoms with E-state index in [2.05, 4.69) is 17.6 Å². The van der Waals surface area contributed by atoms with Gasteiger partial charge in [-0.15, -0.1) is 0 Å². The predicted molar refractivity (Wildman–Crippen MR) is 103 cm³/mol. The van der Waals surface area contributed by atoms with Gasteiger partial charge in [0, 0.05) is 12.1 Å². The van der Waals surface area contributed by atoms with Gasteiger partial charge in [0.05, 0.1) is 7.11 Å². The van der Waals surface area contributed by atoms with E-state index in [1.54, 1.807) is 0 Å². The van der Waals surface area contributed by atoms with Crippen LogP contribution in [0, 0.1) is 0 Å². The van der Waals surface area contributed by atoms with E-state index in [4.69, 9.17) is 4.74 Å². The lowest BCUT2D eigenvalue weighted by Gasteiger charge is -2.17. The molecule has 0 aliphatic rings. The van der Waals surface area contributed by atoms with Gasteiger partial charge in [0.2, 0.25) is 0 Å². The van der Waals surface area contributed by atoms with E-state index in [1.165, 1.54) is 12.7 Å². The molecule has 0 bridgehead atoms. The van der Waals surface area contributed by atoms with Crippen molar-refractivity contribution in [3.63, 3.8) is 0 Å². The summed E-state index contributed by atoms with van der Waals surface area (Å²) >= 11 is 0. The number of benzene rings is 2. The number of nitrogens with one attached hydrogen (secondary N) is 2. The third-order valence-corrected chi connectivity index (χ3v) is 4.10. The van der Waals surface area contributed by atoms with E-state index in [0.717, 1.165) is 24.8 Å². The van der Waals surface area contributed by atoms with Gasteiger partial charge in [-0.1, -0.05) is 55.8 Å². The van der Waals surface area contributed by atoms with Crippen LogP contribution < -0.4 is 10.6 Å². The van der Waals surface area contributed by atoms with Crippen LogP contribution in [0.5, 0.6) is 0 Å². The second-order valence-electron chi connectivity index (χ2n) is 6.16. The molecule has 1 atom stereocenters. The molecule has 2 rings (SSSR count). The number of aryl methyl sites for hydroxylation is 1. The SMILES string of the molecule is CCCCc1ccc(NC(=O)NC(Cc2ccccc2)C(=O)OC)cc1. The Morgan fingerprint density at radius 2 is 1.69 bits per heavy atom. The number of carbonyl (C=O) groups excluding carboxylic acids is 2. The number of hydrogen-bond donors (Lipinski definition) is 2. The first-order chi connectivity index (χ1) is 12.6. The third-order valence-electron chi connectivity index (χ3n) is 4.10. The summed E-state index contributed by atoms with van der Waals surface area (Å²) in [6, 6.07) is 16.1. The molecule has 2 aromatic carbocycles. The predicted octanol–water partition coefficient (Wildman–Crippen LogP) is 3.94. The van der Waals surface area contributed by atoms with E-state index < -0.39 is 18.0 Å². The van der Waals surface area contributed by atoms with Gasteiger partial charge in [-0.2, -0.15) is 0 Å². The maximum atomic E-state index is 12.3. The molecule has 2 aromatic rings. The highest BCUT2D eigenvalue weighted by molar-refractivity contribution is 5.92. The monoisotopic (exact) mass is 354 g/mol. The van der Waals surface area contributed by atoms with Crippen LogP contribution >= 0.6 is 0 Å². The van der Waals surface area contributed by atoms with E-state index in [-0.39, 0.29) is 0 Å². The minimum absolute atomic E-state index is 0.372. The number of urea groups is 1. The number of unbranched alkanes of at least 4 members (excludes halogenated alkanes) is 1. The van der Waals surface area contributed by atoms with Crippen LogP contribution in [-0.2, 0) is 22.4 Å². The molecule has 0 spiro atoms. The zero-order valence-electron chi connectivity index (χ0n) is 15.3. The van der Waals surface area contributed by atoms with Crippen molar-refractivity contribution in [1.29, 1.82) is 0 Å². The van der Waals surface area contributed by atoms with Crippen LogP contribution in [0.25, 0.3) is 0 Å². The van der Waals surface area contributed by atoms with E-state index >= 15 is 0 Å². The number of hydrogen-bond acceptors (Lipinski definition) is 3. The van der Waals surface area contributed by atoms with E-state index in [1.807, 2.05) is 54.6 Å². The number of anilines is 1. The summed E-state index contributed by atoms with van der Waals surface area (Å²) in [6.45, 7) is 2.16. The molecule has 0 radical (unpaired) electrons. The normalized spacial score (nSPS) is 11.5. The number of rotatable bonds is 8. The molecule has 2 N–H and O–H groups in total. The summed E-state index contributed by atoms with van der Waals surface area (Å²) in [5.74, 6) is -0.473. The van der Waals surface area contributed by atoms with Crippen molar-refractivity contribution in [2.24, 2.45) is 0 Å². The highest BCUT2D eigenvalue weighted by Crippen LogP contribution is 2.12. The van der Waals surface area contributed by atoms with Gasteiger partial charge in [-0.05, 0) is 36.1 Å². The third kappa shape index (κ3) is 6.24. The minimum atomic E-state index is -0.744. The standard InChI is InChI=1S/C21H26N2O3/c1-3-4-8-16-11-13-18(14-12-16)22-21(25)23-19(20(24)26-2)15-17-9-6-5-7-10-17/h5-7,9-14,19H,3-4,8,15H2,1-2H3,(H2,22,23,25). The summed E-state index contributed by atoms with van der Waals surface area (Å²) < 4.78 is 4.81. The first-order valence-corrected chi connectivity index (χ1v) is 8.90. The Morgan fingerprint density at radius 1 is 1.00 bits per heavy atom. The second-order valence-corrected chi connectivity index (χ2v) is 6.16. The molecule has 0 aromatic heterocycles. The van der Waals surface area contributed by atoms with Gasteiger partial charge >= 0.3 is 12.0 Å². The van der Waals surface area contributed by atoms with E-state index in [9.17, 15) is 9.59 Å². The molecule has 0 aliphatic carbocycles. The van der Waals surface area contributed by atoms with Gasteiger partial charge in [0.1, 0.15) is 6.04 Å². The topological polar surface area (TPSA) is 67.4 Å². The largest absolute Gasteiger partial charge is 0.467 e. The van der Waals surface area contributed by atoms with Crippen molar-refractivity contribution in [2.45, 2.75) is 38.6 Å². The lowest BCUT2D eigenvalue weighted by molar-refractivity contribution is -0.142. The zero-order chi connectivity index (χ0) is 18.8. The minimum Gasteiger partial charge on any atom is -0.467 e. The van der Waals surface area contributed by atoms with Gasteiger partial charge in [-0.25, -0.2) is 9.59 Å². The number of esters is 1. The van der Waals surface area contributed by atoms with Crippen LogP contribution in [0.15, 0.2) is 54.6 Å². The maximum Gasteiger partial charge on any atom is 0.328 e. The Bertz CT molecular complexity index is 699. The van der Waals surface area contributed by atoms with Gasteiger partial charge in [0.25, 0.3) is 0 Å². The highest BCUT2D eigenvalue weighted by Gasteiger charge is 2.21. The Kier molecular flexibility index (Phi) is 7.68. The summed E-state index contributed by atoms with van der Waals surface area (Å²) in [7, 11) is 1.31. The second kappa shape index (κ2) is 10.2. The number of carbonyl (C=O) groups is 2. The molecule has 26 heavy (non-hydrogen) atoms. The van der Waals surface area contributed by atoms with Crippen molar-refractivity contribution >= 4 is 17.7 Å². The molecular formula is C21H26N2O3. The molecule has 138 valence electrons. The highest BCUT2D eigenvalue weighted by atomic mass is 16.5. The molecular weight excluding hydrogens is 328 g/mol. The molecule has 5 heteroatoms. The number of ether oxygens (including phenoxy) is 1. The van der Waals surface area contributed by atoms with Crippen LogP contribution in [0.4, 0.5) is 10.5 Å². The fourth-order valence-electron chi connectivity index (χ4n) is 2.65. The summed E-state index contributed by atoms with van der Waals surface area (Å²) in [5, 5.41) is 5.45. The molecule has 5 nitrogen and oxygen atoms in total. The van der Waals surface area contributed by atoms with Gasteiger partial charge in [0.15, 0.2) is 0 Å². The zero-order valence-corrected chi connectivity index (χ0v) is 15.3. The average Bonchev–Trinajstić information content (AvgIpc) is 2.67. The van der Waals surface area contributed by atoms with Crippen molar-refractivity contribution < 1.29 is 14.3 Å². The van der Waals surface area contributed by atoms with Crippen molar-refractivity contribution in [2.75, 3.05) is 12.4 Å². The Morgan fingerprint density at radius 3 is 2.31 bits per heavy atom. The van der Waals surface area contributed by atoms with Crippen molar-refractivity contribution in [3.8, 4) is 0 Å². The number of methoxy groups -OCH3 is 1. The molecule has 0 aliphatic heterocycles. The van der Waals surface area contributed by atoms with Crippen LogP contribution in [0.2, 0.25) is 0 Å². The molecule has 1 unspecified atom stereocenters. The molecule has 0 saturated heterocycles. The Hall–Kier alpha value is -2.82. The van der Waals surface area contributed by atoms with Crippen molar-refractivity contribution in [3.05, 3.63) is 65.7 Å². The first kappa shape index (κ1) is 19.5. The molecule has 0 heterocycles. The van der Waals surface area contributed by atoms with Crippen LogP contribution in [-0.4, -0.2) is 25.2 Å². The lowest BCUT2D eigenvalue weighted by Crippen LogP contribution is -2.45. The van der Waals surface area contributed by atoms with Gasteiger partial charge < -0.3 is 15.4 Å². The first-order valence-electron chi connectivity index (χ1n) is 8.90. The van der Waals surface area contributed by atoms with Gasteiger partial charge in [-0.3, -0.25) is 0 Å². The van der Waals surface area contributed by atoms with Crippen LogP contribution in [0.1, 0.15) is 30.9 Å². The molecule has 0 saturated carbocycles. The smallest absolute Gasteiger partial charge is 0.328 e. The van der Waals surface area contributed by atoms with Crippen LogP contribution in [0.3, 0.4) is 0 Å². The Balaban J connectivity index is 1.95. The lowest BCUT2D eigenvalue weighted by atomic mass is 10.1. The average molecular weight is 354 g/mol. The summed E-state index contributed by atoms with van der Waals surface area (Å²) in [4.78, 5) is 24.2. The summed E-state index contributed by atoms with van der Waals surface area (Å²) in [6.07, 6.45) is 3.70. The Labute approximate surface area is 154 Å². The maximum absolute atomic E-state index is 12.3. The fraction of sp³-hybridized carbons (Fsp3) is 0.333. The molecule has 2 amide bonds.